The van der Waals surface area contributed by atoms with Crippen LogP contribution in [-0.2, 0) is 12.4 Å². The first kappa shape index (κ1) is 13.1. The van der Waals surface area contributed by atoms with E-state index in [4.69, 9.17) is 11.6 Å². The van der Waals surface area contributed by atoms with Crippen LogP contribution < -0.4 is 0 Å². The van der Waals surface area contributed by atoms with E-state index in [1.54, 1.807) is 16.2 Å². The first-order chi connectivity index (χ1) is 8.70. The predicted octanol–water partition coefficient (Wildman–Crippen LogP) is 3.76. The average Bonchev–Trinajstić information content (AvgIpc) is 2.90. The Labute approximate surface area is 116 Å². The Hall–Kier alpha value is -1.32. The zero-order valence-electron chi connectivity index (χ0n) is 10.1. The molecular formula is C14H14ClNOS. The molecule has 18 heavy (non-hydrogen) atoms. The van der Waals surface area contributed by atoms with Crippen LogP contribution in [0.1, 0.15) is 20.8 Å². The number of nitrogens with zero attached hydrogens (tertiary/aromatic N) is 1. The summed E-state index contributed by atoms with van der Waals surface area (Å²) in [5, 5.41) is 2.02. The second-order valence-corrected chi connectivity index (χ2v) is 5.37. The second-order valence-electron chi connectivity index (χ2n) is 4.07. The Balaban J connectivity index is 2.10. The van der Waals surface area contributed by atoms with Gasteiger partial charge in [0.15, 0.2) is 0 Å². The molecule has 0 aliphatic heterocycles. The molecule has 2 rings (SSSR count). The number of halogens is 1. The van der Waals surface area contributed by atoms with Gasteiger partial charge in [-0.3, -0.25) is 4.79 Å². The summed E-state index contributed by atoms with van der Waals surface area (Å²) in [5.41, 5.74) is 1.65. The summed E-state index contributed by atoms with van der Waals surface area (Å²) < 4.78 is 0. The smallest absolute Gasteiger partial charge is 0.253 e. The van der Waals surface area contributed by atoms with Crippen LogP contribution in [0.15, 0.2) is 41.8 Å². The Morgan fingerprint density at radius 3 is 2.83 bits per heavy atom. The van der Waals surface area contributed by atoms with Crippen molar-refractivity contribution in [1.82, 2.24) is 4.90 Å². The molecule has 2 nitrogen and oxygen atoms in total. The monoisotopic (exact) mass is 279 g/mol. The van der Waals surface area contributed by atoms with E-state index >= 15 is 0 Å². The van der Waals surface area contributed by atoms with Gasteiger partial charge in [0.05, 0.1) is 6.54 Å². The summed E-state index contributed by atoms with van der Waals surface area (Å²) in [5.74, 6) is 0.450. The lowest BCUT2D eigenvalue weighted by molar-refractivity contribution is 0.0786. The second kappa shape index (κ2) is 6.03. The Kier molecular flexibility index (Phi) is 4.39. The van der Waals surface area contributed by atoms with E-state index in [2.05, 4.69) is 0 Å². The Morgan fingerprint density at radius 2 is 2.17 bits per heavy atom. The van der Waals surface area contributed by atoms with Crippen molar-refractivity contribution in [3.05, 3.63) is 57.8 Å². The van der Waals surface area contributed by atoms with Crippen LogP contribution in [0, 0.1) is 0 Å². The van der Waals surface area contributed by atoms with Gasteiger partial charge in [0.25, 0.3) is 5.91 Å². The fourth-order valence-corrected chi connectivity index (χ4v) is 2.64. The average molecular weight is 280 g/mol. The largest absolute Gasteiger partial charge is 0.337 e. The fourth-order valence-electron chi connectivity index (χ4n) is 1.72. The molecule has 0 atom stereocenters. The van der Waals surface area contributed by atoms with Gasteiger partial charge in [0.1, 0.15) is 0 Å². The minimum atomic E-state index is 0.0235. The molecule has 0 aliphatic carbocycles. The fraction of sp³-hybridized carbons (Fsp3) is 0.214. The summed E-state index contributed by atoms with van der Waals surface area (Å²) in [6.07, 6.45) is 0. The van der Waals surface area contributed by atoms with E-state index in [1.807, 2.05) is 48.8 Å². The number of carbonyl (C=O) groups excluding carboxylic acids is 1. The van der Waals surface area contributed by atoms with Gasteiger partial charge >= 0.3 is 0 Å². The number of thiophene rings is 1. The van der Waals surface area contributed by atoms with Gasteiger partial charge in [-0.15, -0.1) is 22.9 Å². The molecule has 0 saturated heterocycles. The number of alkyl halides is 1. The van der Waals surface area contributed by atoms with Gasteiger partial charge in [-0.1, -0.05) is 18.2 Å². The number of benzene rings is 1. The highest BCUT2D eigenvalue weighted by Gasteiger charge is 2.12. The summed E-state index contributed by atoms with van der Waals surface area (Å²) in [6, 6.07) is 11.5. The van der Waals surface area contributed by atoms with Gasteiger partial charge in [-0.05, 0) is 29.1 Å². The third-order valence-corrected chi connectivity index (χ3v) is 3.82. The van der Waals surface area contributed by atoms with Gasteiger partial charge < -0.3 is 4.90 Å². The molecule has 0 spiro atoms. The highest BCUT2D eigenvalue weighted by Crippen LogP contribution is 2.14. The molecule has 0 aliphatic rings. The number of hydrogen-bond donors (Lipinski definition) is 0. The van der Waals surface area contributed by atoms with E-state index in [0.717, 1.165) is 5.56 Å². The molecule has 0 fully saturated rings. The van der Waals surface area contributed by atoms with E-state index < -0.39 is 0 Å². The molecule has 1 amide bonds. The van der Waals surface area contributed by atoms with Crippen LogP contribution in [0.25, 0.3) is 0 Å². The molecule has 4 heteroatoms. The van der Waals surface area contributed by atoms with Crippen molar-refractivity contribution in [1.29, 1.82) is 0 Å². The van der Waals surface area contributed by atoms with Crippen molar-refractivity contribution in [2.75, 3.05) is 7.05 Å². The Bertz CT molecular complexity index is 524. The van der Waals surface area contributed by atoms with Crippen molar-refractivity contribution in [3.8, 4) is 0 Å². The molecule has 2 aromatic rings. The maximum Gasteiger partial charge on any atom is 0.253 e. The first-order valence-corrected chi connectivity index (χ1v) is 7.05. The van der Waals surface area contributed by atoms with Gasteiger partial charge in [-0.25, -0.2) is 0 Å². The van der Waals surface area contributed by atoms with Crippen LogP contribution in [0.5, 0.6) is 0 Å². The van der Waals surface area contributed by atoms with Gasteiger partial charge in [0.2, 0.25) is 0 Å². The van der Waals surface area contributed by atoms with Crippen LogP contribution in [0.4, 0.5) is 0 Å². The molecule has 0 saturated carbocycles. The van der Waals surface area contributed by atoms with E-state index in [-0.39, 0.29) is 5.91 Å². The summed E-state index contributed by atoms with van der Waals surface area (Å²) >= 11 is 7.43. The molecule has 1 aromatic carbocycles. The highest BCUT2D eigenvalue weighted by molar-refractivity contribution is 7.09. The van der Waals surface area contributed by atoms with Crippen LogP contribution >= 0.6 is 22.9 Å². The molecule has 1 heterocycles. The zero-order valence-corrected chi connectivity index (χ0v) is 11.7. The predicted molar refractivity (Wildman–Crippen MR) is 76.1 cm³/mol. The summed E-state index contributed by atoms with van der Waals surface area (Å²) in [4.78, 5) is 15.1. The number of hydrogen-bond acceptors (Lipinski definition) is 2. The van der Waals surface area contributed by atoms with Crippen molar-refractivity contribution >= 4 is 28.8 Å². The highest BCUT2D eigenvalue weighted by atomic mass is 35.5. The maximum absolute atomic E-state index is 12.2. The normalized spacial score (nSPS) is 10.3. The van der Waals surface area contributed by atoms with Crippen molar-refractivity contribution < 1.29 is 4.79 Å². The first-order valence-electron chi connectivity index (χ1n) is 5.63. The molecule has 0 unspecified atom stereocenters. The number of amides is 1. The maximum atomic E-state index is 12.2. The van der Waals surface area contributed by atoms with E-state index in [9.17, 15) is 4.79 Å². The number of carbonyl (C=O) groups is 1. The van der Waals surface area contributed by atoms with E-state index in [0.29, 0.717) is 18.0 Å². The summed E-state index contributed by atoms with van der Waals surface area (Å²) in [7, 11) is 1.81. The number of rotatable bonds is 4. The molecule has 0 bridgehead atoms. The molecular weight excluding hydrogens is 266 g/mol. The van der Waals surface area contributed by atoms with Gasteiger partial charge in [0, 0.05) is 23.4 Å². The minimum Gasteiger partial charge on any atom is -0.337 e. The molecule has 0 N–H and O–H groups in total. The lowest BCUT2D eigenvalue weighted by atomic mass is 10.1. The molecule has 0 radical (unpaired) electrons. The lowest BCUT2D eigenvalue weighted by Gasteiger charge is -2.16. The molecule has 94 valence electrons. The van der Waals surface area contributed by atoms with Crippen LogP contribution in [0.3, 0.4) is 0 Å². The van der Waals surface area contributed by atoms with Crippen LogP contribution in [-0.4, -0.2) is 17.9 Å². The molecule has 1 aromatic heterocycles. The quantitative estimate of drug-likeness (QED) is 0.781. The standard InChI is InChI=1S/C14H14ClNOS/c1-16(10-13-6-3-7-18-13)14(17)12-5-2-4-11(8-12)9-15/h2-8H,9-10H2,1H3. The minimum absolute atomic E-state index is 0.0235. The Morgan fingerprint density at radius 1 is 1.33 bits per heavy atom. The third kappa shape index (κ3) is 3.12. The van der Waals surface area contributed by atoms with Crippen LogP contribution in [0.2, 0.25) is 0 Å². The SMILES string of the molecule is CN(Cc1cccs1)C(=O)c1cccc(CCl)c1. The topological polar surface area (TPSA) is 20.3 Å². The zero-order chi connectivity index (χ0) is 13.0. The van der Waals surface area contributed by atoms with E-state index in [1.165, 1.54) is 4.88 Å². The lowest BCUT2D eigenvalue weighted by Crippen LogP contribution is -2.25. The summed E-state index contributed by atoms with van der Waals surface area (Å²) in [6.45, 7) is 0.640. The van der Waals surface area contributed by atoms with Crippen molar-refractivity contribution in [2.45, 2.75) is 12.4 Å². The van der Waals surface area contributed by atoms with Gasteiger partial charge in [-0.2, -0.15) is 0 Å². The third-order valence-electron chi connectivity index (χ3n) is 2.65. The van der Waals surface area contributed by atoms with Crippen molar-refractivity contribution in [3.63, 3.8) is 0 Å². The van der Waals surface area contributed by atoms with Crippen molar-refractivity contribution in [2.24, 2.45) is 0 Å².